The molecule has 0 saturated heterocycles. The molecule has 0 amide bonds. The third kappa shape index (κ3) is 3.62. The molecule has 0 radical (unpaired) electrons. The summed E-state index contributed by atoms with van der Waals surface area (Å²) in [5, 5.41) is 12.4. The maximum absolute atomic E-state index is 9.07. The Morgan fingerprint density at radius 1 is 1.36 bits per heavy atom. The van der Waals surface area contributed by atoms with Crippen LogP contribution in [-0.2, 0) is 6.54 Å². The molecule has 0 aromatic heterocycles. The predicted molar refractivity (Wildman–Crippen MR) is 59.2 cm³/mol. The first-order valence-electron chi connectivity index (χ1n) is 4.87. The molecule has 0 atom stereocenters. The molecule has 2 heteroatoms. The number of phenols is 1. The van der Waals surface area contributed by atoms with Crippen molar-refractivity contribution >= 4 is 0 Å². The summed E-state index contributed by atoms with van der Waals surface area (Å²) in [6, 6.07) is 7.23. The van der Waals surface area contributed by atoms with E-state index in [1.165, 1.54) is 11.1 Å². The monoisotopic (exact) mass is 191 g/mol. The Morgan fingerprint density at radius 2 is 2.00 bits per heavy atom. The highest BCUT2D eigenvalue weighted by Crippen LogP contribution is 2.09. The van der Waals surface area contributed by atoms with Crippen LogP contribution in [0.15, 0.2) is 36.4 Å². The molecule has 0 aliphatic heterocycles. The van der Waals surface area contributed by atoms with Gasteiger partial charge in [-0.15, -0.1) is 0 Å². The summed E-state index contributed by atoms with van der Waals surface area (Å²) in [7, 11) is 0. The van der Waals surface area contributed by atoms with Gasteiger partial charge in [-0.2, -0.15) is 0 Å². The van der Waals surface area contributed by atoms with E-state index in [1.54, 1.807) is 12.1 Å². The molecule has 2 N–H and O–H groups in total. The minimum atomic E-state index is 0.312. The lowest BCUT2D eigenvalue weighted by Crippen LogP contribution is -2.15. The minimum absolute atomic E-state index is 0.312. The summed E-state index contributed by atoms with van der Waals surface area (Å²) in [4.78, 5) is 0. The van der Waals surface area contributed by atoms with Gasteiger partial charge in [0.2, 0.25) is 0 Å². The van der Waals surface area contributed by atoms with Crippen molar-refractivity contribution in [2.45, 2.75) is 19.9 Å². The minimum Gasteiger partial charge on any atom is -0.508 e. The van der Waals surface area contributed by atoms with E-state index in [0.717, 1.165) is 19.5 Å². The second kappa shape index (κ2) is 5.45. The molecule has 1 rings (SSSR count). The molecule has 0 heterocycles. The molecule has 0 unspecified atom stereocenters. The number of hydrogen-bond donors (Lipinski definition) is 2. The zero-order chi connectivity index (χ0) is 10.4. The highest BCUT2D eigenvalue weighted by atomic mass is 16.3. The second-order valence-corrected chi connectivity index (χ2v) is 3.37. The largest absolute Gasteiger partial charge is 0.508 e. The van der Waals surface area contributed by atoms with Crippen LogP contribution >= 0.6 is 0 Å². The summed E-state index contributed by atoms with van der Waals surface area (Å²) in [5.41, 5.74) is 2.38. The van der Waals surface area contributed by atoms with Crippen LogP contribution in [0.5, 0.6) is 5.75 Å². The molecule has 0 spiro atoms. The molecule has 0 fully saturated rings. The van der Waals surface area contributed by atoms with Gasteiger partial charge >= 0.3 is 0 Å². The van der Waals surface area contributed by atoms with Crippen LogP contribution in [0.4, 0.5) is 0 Å². The van der Waals surface area contributed by atoms with Crippen LogP contribution in [0.25, 0.3) is 0 Å². The third-order valence-electron chi connectivity index (χ3n) is 2.14. The lowest BCUT2D eigenvalue weighted by molar-refractivity contribution is 0.475. The molecular weight excluding hydrogens is 174 g/mol. The van der Waals surface area contributed by atoms with Crippen LogP contribution in [0.2, 0.25) is 0 Å². The highest BCUT2D eigenvalue weighted by molar-refractivity contribution is 5.25. The van der Waals surface area contributed by atoms with Gasteiger partial charge in [-0.05, 0) is 24.1 Å². The predicted octanol–water partition coefficient (Wildman–Crippen LogP) is 2.45. The molecule has 0 aliphatic rings. The molecule has 2 nitrogen and oxygen atoms in total. The summed E-state index contributed by atoms with van der Waals surface area (Å²) in [6.45, 7) is 7.69. The summed E-state index contributed by atoms with van der Waals surface area (Å²) >= 11 is 0. The fourth-order valence-corrected chi connectivity index (χ4v) is 1.12. The first-order valence-corrected chi connectivity index (χ1v) is 4.87. The smallest absolute Gasteiger partial charge is 0.115 e. The standard InChI is InChI=1S/C12H17NO/c1-3-10(2)8-13-9-11-4-6-12(14)7-5-11/h4-7,13-14H,2-3,8-9H2,1H3. The van der Waals surface area contributed by atoms with Gasteiger partial charge in [0.15, 0.2) is 0 Å². The number of aromatic hydroxyl groups is 1. The first kappa shape index (κ1) is 10.8. The number of nitrogens with one attached hydrogen (secondary N) is 1. The zero-order valence-corrected chi connectivity index (χ0v) is 8.59. The molecule has 0 saturated carbocycles. The number of benzene rings is 1. The van der Waals surface area contributed by atoms with Crippen LogP contribution in [0.1, 0.15) is 18.9 Å². The van der Waals surface area contributed by atoms with Gasteiger partial charge in [0.25, 0.3) is 0 Å². The van der Waals surface area contributed by atoms with Crippen molar-refractivity contribution in [1.82, 2.24) is 5.32 Å². The van der Waals surface area contributed by atoms with Crippen LogP contribution in [0, 0.1) is 0 Å². The van der Waals surface area contributed by atoms with E-state index in [1.807, 2.05) is 12.1 Å². The van der Waals surface area contributed by atoms with Crippen LogP contribution in [-0.4, -0.2) is 11.7 Å². The molecule has 1 aromatic rings. The van der Waals surface area contributed by atoms with Crippen LogP contribution < -0.4 is 5.32 Å². The maximum Gasteiger partial charge on any atom is 0.115 e. The van der Waals surface area contributed by atoms with Gasteiger partial charge in [-0.3, -0.25) is 0 Å². The fourth-order valence-electron chi connectivity index (χ4n) is 1.12. The van der Waals surface area contributed by atoms with E-state index >= 15 is 0 Å². The van der Waals surface area contributed by atoms with E-state index in [4.69, 9.17) is 5.11 Å². The Balaban J connectivity index is 2.31. The van der Waals surface area contributed by atoms with E-state index in [0.29, 0.717) is 5.75 Å². The Morgan fingerprint density at radius 3 is 2.57 bits per heavy atom. The fraction of sp³-hybridized carbons (Fsp3) is 0.333. The number of rotatable bonds is 5. The summed E-state index contributed by atoms with van der Waals surface area (Å²) in [5.74, 6) is 0.312. The molecule has 14 heavy (non-hydrogen) atoms. The average Bonchev–Trinajstić information content (AvgIpc) is 2.21. The van der Waals surface area contributed by atoms with Gasteiger partial charge in [-0.1, -0.05) is 31.2 Å². The van der Waals surface area contributed by atoms with Gasteiger partial charge < -0.3 is 10.4 Å². The maximum atomic E-state index is 9.07. The lowest BCUT2D eigenvalue weighted by Gasteiger charge is -2.05. The highest BCUT2D eigenvalue weighted by Gasteiger charge is 1.93. The lowest BCUT2D eigenvalue weighted by atomic mass is 10.2. The van der Waals surface area contributed by atoms with E-state index in [-0.39, 0.29) is 0 Å². The van der Waals surface area contributed by atoms with Crippen molar-refractivity contribution in [2.24, 2.45) is 0 Å². The Labute approximate surface area is 85.3 Å². The Hall–Kier alpha value is -1.28. The van der Waals surface area contributed by atoms with Gasteiger partial charge in [-0.25, -0.2) is 0 Å². The second-order valence-electron chi connectivity index (χ2n) is 3.37. The van der Waals surface area contributed by atoms with Crippen molar-refractivity contribution in [3.63, 3.8) is 0 Å². The van der Waals surface area contributed by atoms with Crippen molar-refractivity contribution in [3.05, 3.63) is 42.0 Å². The quantitative estimate of drug-likeness (QED) is 0.701. The average molecular weight is 191 g/mol. The van der Waals surface area contributed by atoms with E-state index < -0.39 is 0 Å². The topological polar surface area (TPSA) is 32.3 Å². The van der Waals surface area contributed by atoms with Gasteiger partial charge in [0, 0.05) is 13.1 Å². The molecule has 76 valence electrons. The van der Waals surface area contributed by atoms with Crippen molar-refractivity contribution < 1.29 is 5.11 Å². The Bertz CT molecular complexity index is 290. The van der Waals surface area contributed by atoms with Crippen molar-refractivity contribution in [2.75, 3.05) is 6.54 Å². The summed E-state index contributed by atoms with van der Waals surface area (Å²) < 4.78 is 0. The van der Waals surface area contributed by atoms with Crippen LogP contribution in [0.3, 0.4) is 0 Å². The first-order chi connectivity index (χ1) is 6.72. The number of hydrogen-bond acceptors (Lipinski definition) is 2. The van der Waals surface area contributed by atoms with Crippen molar-refractivity contribution in [3.8, 4) is 5.75 Å². The third-order valence-corrected chi connectivity index (χ3v) is 2.14. The SMILES string of the molecule is C=C(CC)CNCc1ccc(O)cc1. The number of phenolic OH excluding ortho intramolecular Hbond substituents is 1. The molecular formula is C12H17NO. The summed E-state index contributed by atoms with van der Waals surface area (Å²) in [6.07, 6.45) is 1.02. The normalized spacial score (nSPS) is 10.1. The van der Waals surface area contributed by atoms with E-state index in [2.05, 4.69) is 18.8 Å². The van der Waals surface area contributed by atoms with Gasteiger partial charge in [0.05, 0.1) is 0 Å². The molecule has 0 aliphatic carbocycles. The zero-order valence-electron chi connectivity index (χ0n) is 8.59. The van der Waals surface area contributed by atoms with Gasteiger partial charge in [0.1, 0.15) is 5.75 Å². The van der Waals surface area contributed by atoms with E-state index in [9.17, 15) is 0 Å². The molecule has 1 aromatic carbocycles. The van der Waals surface area contributed by atoms with Crippen molar-refractivity contribution in [1.29, 1.82) is 0 Å². The Kier molecular flexibility index (Phi) is 4.20. The molecule has 0 bridgehead atoms.